The van der Waals surface area contributed by atoms with Gasteiger partial charge in [0.1, 0.15) is 11.6 Å². The predicted octanol–water partition coefficient (Wildman–Crippen LogP) is 4.11. The van der Waals surface area contributed by atoms with Crippen LogP contribution in [0.1, 0.15) is 27.0 Å². The first-order valence-corrected chi connectivity index (χ1v) is 8.89. The fourth-order valence-electron chi connectivity index (χ4n) is 2.80. The van der Waals surface area contributed by atoms with Crippen molar-refractivity contribution in [3.63, 3.8) is 0 Å². The van der Waals surface area contributed by atoms with Crippen molar-refractivity contribution in [1.82, 2.24) is 10.3 Å². The molecule has 138 valence electrons. The van der Waals surface area contributed by atoms with Crippen molar-refractivity contribution in [3.8, 4) is 0 Å². The van der Waals surface area contributed by atoms with Gasteiger partial charge in [-0.15, -0.1) is 0 Å². The van der Waals surface area contributed by atoms with Crippen molar-refractivity contribution in [1.29, 1.82) is 0 Å². The van der Waals surface area contributed by atoms with Crippen molar-refractivity contribution in [2.24, 2.45) is 0 Å². The van der Waals surface area contributed by atoms with Crippen LogP contribution in [0, 0.1) is 12.7 Å². The van der Waals surface area contributed by atoms with Gasteiger partial charge in [0.15, 0.2) is 0 Å². The van der Waals surface area contributed by atoms with Crippen LogP contribution in [0.5, 0.6) is 0 Å². The fraction of sp³-hybridized carbons (Fsp3) is 0.182. The third kappa shape index (κ3) is 5.38. The quantitative estimate of drug-likeness (QED) is 0.664. The lowest BCUT2D eigenvalue weighted by Gasteiger charge is -2.09. The number of hydrogen-bond donors (Lipinski definition) is 2. The van der Waals surface area contributed by atoms with E-state index >= 15 is 0 Å². The average molecular weight is 363 g/mol. The molecule has 1 amide bonds. The van der Waals surface area contributed by atoms with Crippen LogP contribution < -0.4 is 10.6 Å². The monoisotopic (exact) mass is 363 g/mol. The van der Waals surface area contributed by atoms with E-state index in [0.29, 0.717) is 36.5 Å². The van der Waals surface area contributed by atoms with E-state index in [9.17, 15) is 9.18 Å². The average Bonchev–Trinajstić information content (AvgIpc) is 2.68. The van der Waals surface area contributed by atoms with Crippen LogP contribution in [0.2, 0.25) is 0 Å². The number of rotatable bonds is 7. The molecule has 4 nitrogen and oxygen atoms in total. The molecule has 0 saturated heterocycles. The predicted molar refractivity (Wildman–Crippen MR) is 105 cm³/mol. The molecule has 0 radical (unpaired) electrons. The second-order valence-corrected chi connectivity index (χ2v) is 6.37. The summed E-state index contributed by atoms with van der Waals surface area (Å²) in [4.78, 5) is 16.6. The van der Waals surface area contributed by atoms with Gasteiger partial charge in [-0.2, -0.15) is 0 Å². The molecule has 0 aliphatic heterocycles. The Bertz CT molecular complexity index is 927. The number of nitrogens with one attached hydrogen (secondary N) is 2. The molecule has 0 saturated carbocycles. The van der Waals surface area contributed by atoms with E-state index in [-0.39, 0.29) is 11.7 Å². The molecule has 0 fully saturated rings. The second kappa shape index (κ2) is 8.94. The second-order valence-electron chi connectivity index (χ2n) is 6.37. The molecule has 2 aromatic carbocycles. The Morgan fingerprint density at radius 1 is 1.07 bits per heavy atom. The molecule has 5 heteroatoms. The molecule has 3 rings (SSSR count). The van der Waals surface area contributed by atoms with Crippen LogP contribution in [0.3, 0.4) is 0 Å². The number of anilines is 1. The van der Waals surface area contributed by atoms with Crippen molar-refractivity contribution >= 4 is 11.7 Å². The molecule has 27 heavy (non-hydrogen) atoms. The Hall–Kier alpha value is -3.21. The lowest BCUT2D eigenvalue weighted by Crippen LogP contribution is -2.26. The zero-order valence-electron chi connectivity index (χ0n) is 15.2. The van der Waals surface area contributed by atoms with E-state index in [1.807, 2.05) is 25.1 Å². The number of carbonyl (C=O) groups excluding carboxylic acids is 1. The topological polar surface area (TPSA) is 54.0 Å². The van der Waals surface area contributed by atoms with Crippen molar-refractivity contribution in [2.45, 2.75) is 19.9 Å². The molecule has 3 aromatic rings. The zero-order chi connectivity index (χ0) is 19.1. The van der Waals surface area contributed by atoms with Gasteiger partial charge in [0, 0.05) is 24.8 Å². The highest BCUT2D eigenvalue weighted by Gasteiger charge is 2.08. The molecule has 0 aliphatic carbocycles. The minimum Gasteiger partial charge on any atom is -0.366 e. The fourth-order valence-corrected chi connectivity index (χ4v) is 2.80. The first kappa shape index (κ1) is 18.6. The van der Waals surface area contributed by atoms with Gasteiger partial charge < -0.3 is 10.6 Å². The highest BCUT2D eigenvalue weighted by molar-refractivity contribution is 5.94. The third-order valence-electron chi connectivity index (χ3n) is 4.22. The van der Waals surface area contributed by atoms with E-state index in [4.69, 9.17) is 0 Å². The first-order chi connectivity index (χ1) is 13.1. The molecular formula is C22H22FN3O. The summed E-state index contributed by atoms with van der Waals surface area (Å²) in [5, 5.41) is 6.05. The lowest BCUT2D eigenvalue weighted by atomic mass is 10.1. The smallest absolute Gasteiger partial charge is 0.251 e. The summed E-state index contributed by atoms with van der Waals surface area (Å²) in [5.41, 5.74) is 3.46. The van der Waals surface area contributed by atoms with Crippen LogP contribution in [0.4, 0.5) is 10.2 Å². The number of amides is 1. The van der Waals surface area contributed by atoms with E-state index in [1.165, 1.54) is 11.6 Å². The first-order valence-electron chi connectivity index (χ1n) is 8.89. The standard InChI is InChI=1S/C22H22FN3O/c1-16-5-4-6-17(13-16)15-26-21-14-19(10-11-24-21)22(27)25-12-9-18-7-2-3-8-20(18)23/h2-8,10-11,13-14H,9,12,15H2,1H3,(H,24,26)(H,25,27). The van der Waals surface area contributed by atoms with Crippen LogP contribution in [-0.2, 0) is 13.0 Å². The third-order valence-corrected chi connectivity index (χ3v) is 4.22. The number of pyridine rings is 1. The number of aromatic nitrogens is 1. The summed E-state index contributed by atoms with van der Waals surface area (Å²) in [6, 6.07) is 18.2. The Morgan fingerprint density at radius 2 is 1.93 bits per heavy atom. The maximum Gasteiger partial charge on any atom is 0.251 e. The molecule has 0 unspecified atom stereocenters. The number of nitrogens with zero attached hydrogens (tertiary/aromatic N) is 1. The highest BCUT2D eigenvalue weighted by atomic mass is 19.1. The van der Waals surface area contributed by atoms with Gasteiger partial charge in [-0.3, -0.25) is 4.79 Å². The van der Waals surface area contributed by atoms with E-state index < -0.39 is 0 Å². The van der Waals surface area contributed by atoms with Crippen LogP contribution in [-0.4, -0.2) is 17.4 Å². The Morgan fingerprint density at radius 3 is 2.74 bits per heavy atom. The summed E-state index contributed by atoms with van der Waals surface area (Å²) < 4.78 is 13.6. The number of halogens is 1. The van der Waals surface area contributed by atoms with Gasteiger partial charge in [0.25, 0.3) is 5.91 Å². The summed E-state index contributed by atoms with van der Waals surface area (Å²) in [6.45, 7) is 3.05. The highest BCUT2D eigenvalue weighted by Crippen LogP contribution is 2.11. The summed E-state index contributed by atoms with van der Waals surface area (Å²) in [5.74, 6) is 0.184. The molecule has 1 heterocycles. The number of aryl methyl sites for hydroxylation is 1. The SMILES string of the molecule is Cc1cccc(CNc2cc(C(=O)NCCc3ccccc3F)ccn2)c1. The minimum atomic E-state index is -0.252. The zero-order valence-corrected chi connectivity index (χ0v) is 15.2. The van der Waals surface area contributed by atoms with Crippen molar-refractivity contribution in [3.05, 3.63) is 94.9 Å². The van der Waals surface area contributed by atoms with Gasteiger partial charge in [0.2, 0.25) is 0 Å². The van der Waals surface area contributed by atoms with Crippen LogP contribution >= 0.6 is 0 Å². The normalized spacial score (nSPS) is 10.4. The molecule has 1 aromatic heterocycles. The van der Waals surface area contributed by atoms with Crippen LogP contribution in [0.25, 0.3) is 0 Å². The van der Waals surface area contributed by atoms with Gasteiger partial charge in [-0.1, -0.05) is 48.0 Å². The maximum absolute atomic E-state index is 13.6. The Balaban J connectivity index is 1.54. The summed E-state index contributed by atoms with van der Waals surface area (Å²) in [7, 11) is 0. The van der Waals surface area contributed by atoms with Gasteiger partial charge in [0.05, 0.1) is 0 Å². The largest absolute Gasteiger partial charge is 0.366 e. The lowest BCUT2D eigenvalue weighted by molar-refractivity contribution is 0.0954. The van der Waals surface area contributed by atoms with Gasteiger partial charge in [-0.25, -0.2) is 9.37 Å². The molecular weight excluding hydrogens is 341 g/mol. The van der Waals surface area contributed by atoms with Crippen molar-refractivity contribution < 1.29 is 9.18 Å². The van der Waals surface area contributed by atoms with Gasteiger partial charge >= 0.3 is 0 Å². The molecule has 0 atom stereocenters. The van der Waals surface area contributed by atoms with Crippen LogP contribution in [0.15, 0.2) is 66.9 Å². The molecule has 2 N–H and O–H groups in total. The molecule has 0 spiro atoms. The maximum atomic E-state index is 13.6. The number of carbonyl (C=O) groups is 1. The van der Waals surface area contributed by atoms with E-state index in [0.717, 1.165) is 5.56 Å². The van der Waals surface area contributed by atoms with Gasteiger partial charge in [-0.05, 0) is 42.7 Å². The summed E-state index contributed by atoms with van der Waals surface area (Å²) >= 11 is 0. The minimum absolute atomic E-state index is 0.202. The van der Waals surface area contributed by atoms with E-state index in [2.05, 4.69) is 21.7 Å². The van der Waals surface area contributed by atoms with Crippen molar-refractivity contribution in [2.75, 3.05) is 11.9 Å². The van der Waals surface area contributed by atoms with E-state index in [1.54, 1.807) is 36.5 Å². The number of hydrogen-bond acceptors (Lipinski definition) is 3. The Labute approximate surface area is 158 Å². The Kier molecular flexibility index (Phi) is 6.15. The molecule has 0 bridgehead atoms. The molecule has 0 aliphatic rings. The summed E-state index contributed by atoms with van der Waals surface area (Å²) in [6.07, 6.45) is 2.05. The number of benzene rings is 2.